The average molecular weight is 472 g/mol. The zero-order chi connectivity index (χ0) is 22.8. The van der Waals surface area contributed by atoms with Crippen LogP contribution in [0.4, 0.5) is 0 Å². The van der Waals surface area contributed by atoms with E-state index >= 15 is 0 Å². The van der Waals surface area contributed by atoms with E-state index < -0.39 is 7.27 Å². The maximum Gasteiger partial charge on any atom is 0.250 e. The van der Waals surface area contributed by atoms with Gasteiger partial charge in [0.15, 0.2) is 5.65 Å². The fraction of sp³-hybridized carbons (Fsp3) is 0.435. The molecule has 0 saturated carbocycles. The van der Waals surface area contributed by atoms with E-state index in [1.807, 2.05) is 26.1 Å². The van der Waals surface area contributed by atoms with E-state index in [0.717, 1.165) is 53.0 Å². The molecule has 1 fully saturated rings. The van der Waals surface area contributed by atoms with Crippen LogP contribution < -0.4 is 5.56 Å². The van der Waals surface area contributed by atoms with Crippen LogP contribution >= 0.6 is 18.5 Å². The Labute approximate surface area is 193 Å². The highest BCUT2D eigenvalue weighted by Gasteiger charge is 2.28. The monoisotopic (exact) mass is 471 g/mol. The maximum atomic E-state index is 11.8. The first-order valence-corrected chi connectivity index (χ1v) is 13.2. The zero-order valence-corrected chi connectivity index (χ0v) is 20.2. The molecule has 168 valence electrons. The van der Waals surface area contributed by atoms with E-state index in [9.17, 15) is 4.79 Å². The second-order valence-electron chi connectivity index (χ2n) is 8.14. The maximum absolute atomic E-state index is 11.8. The number of halogens is 1. The molecule has 4 heterocycles. The fourth-order valence-electron chi connectivity index (χ4n) is 3.92. The molecule has 32 heavy (non-hydrogen) atoms. The van der Waals surface area contributed by atoms with E-state index in [1.54, 1.807) is 23.5 Å². The number of fused-ring (bicyclic) bond motifs is 1. The summed E-state index contributed by atoms with van der Waals surface area (Å²) in [5, 5.41) is 0. The van der Waals surface area contributed by atoms with Crippen molar-refractivity contribution in [2.24, 2.45) is 7.05 Å². The minimum absolute atomic E-state index is 0.0355. The van der Waals surface area contributed by atoms with E-state index in [2.05, 4.69) is 6.58 Å². The van der Waals surface area contributed by atoms with Gasteiger partial charge in [-0.05, 0) is 50.9 Å². The first-order chi connectivity index (χ1) is 15.4. The summed E-state index contributed by atoms with van der Waals surface area (Å²) < 4.78 is 7.61. The quantitative estimate of drug-likeness (QED) is 0.485. The molecule has 1 aliphatic heterocycles. The van der Waals surface area contributed by atoms with Crippen LogP contribution in [-0.4, -0.2) is 37.3 Å². The first kappa shape index (κ1) is 23.0. The number of rotatable bonds is 6. The van der Waals surface area contributed by atoms with Gasteiger partial charge < -0.3 is 9.30 Å². The molecule has 7 nitrogen and oxygen atoms in total. The van der Waals surface area contributed by atoms with Gasteiger partial charge in [-0.15, -0.1) is 0 Å². The molecule has 9 heteroatoms. The average Bonchev–Trinajstić information content (AvgIpc) is 2.80. The van der Waals surface area contributed by atoms with Crippen LogP contribution in [0, 0.1) is 13.8 Å². The molecule has 4 rings (SSSR count). The van der Waals surface area contributed by atoms with Gasteiger partial charge in [0, 0.05) is 39.1 Å². The summed E-state index contributed by atoms with van der Waals surface area (Å²) in [6, 6.07) is 3.43. The van der Waals surface area contributed by atoms with Crippen LogP contribution in [0.3, 0.4) is 0 Å². The van der Waals surface area contributed by atoms with Gasteiger partial charge in [0.1, 0.15) is 11.3 Å². The molecule has 0 aromatic carbocycles. The van der Waals surface area contributed by atoms with Crippen molar-refractivity contribution in [3.63, 3.8) is 0 Å². The Bertz CT molecular complexity index is 1210. The third-order valence-electron chi connectivity index (χ3n) is 5.92. The van der Waals surface area contributed by atoms with Gasteiger partial charge in [-0.25, -0.2) is 19.9 Å². The van der Waals surface area contributed by atoms with Crippen molar-refractivity contribution >= 4 is 29.7 Å². The van der Waals surface area contributed by atoms with E-state index in [0.29, 0.717) is 18.7 Å². The molecule has 0 aliphatic carbocycles. The molecule has 0 N–H and O–H groups in total. The van der Waals surface area contributed by atoms with Crippen molar-refractivity contribution in [3.05, 3.63) is 69.5 Å². The predicted molar refractivity (Wildman–Crippen MR) is 128 cm³/mol. The number of aryl methyl sites for hydroxylation is 4. The molecule has 3 unspecified atom stereocenters. The van der Waals surface area contributed by atoms with E-state index in [-0.39, 0.29) is 17.6 Å². The van der Waals surface area contributed by atoms with Crippen molar-refractivity contribution < 1.29 is 4.74 Å². The van der Waals surface area contributed by atoms with Crippen molar-refractivity contribution in [2.45, 2.75) is 45.1 Å². The molecule has 0 spiro atoms. The molecule has 0 bridgehead atoms. The second-order valence-corrected chi connectivity index (χ2v) is 11.1. The summed E-state index contributed by atoms with van der Waals surface area (Å²) in [4.78, 5) is 31.0. The fourth-order valence-corrected chi connectivity index (χ4v) is 4.78. The lowest BCUT2D eigenvalue weighted by Crippen LogP contribution is -2.23. The van der Waals surface area contributed by atoms with Gasteiger partial charge in [-0.2, -0.15) is 0 Å². The third-order valence-corrected chi connectivity index (χ3v) is 7.89. The number of hydrogen-bond acceptors (Lipinski definition) is 6. The molecule has 3 aromatic heterocycles. The Hall–Kier alpha value is -2.21. The van der Waals surface area contributed by atoms with Crippen molar-refractivity contribution in [1.29, 1.82) is 0 Å². The van der Waals surface area contributed by atoms with Crippen molar-refractivity contribution in [2.75, 3.05) is 12.8 Å². The zero-order valence-electron chi connectivity index (χ0n) is 18.6. The molecule has 0 radical (unpaired) electrons. The van der Waals surface area contributed by atoms with Crippen LogP contribution in [0.2, 0.25) is 0 Å². The van der Waals surface area contributed by atoms with Gasteiger partial charge >= 0.3 is 0 Å². The second kappa shape index (κ2) is 9.74. The lowest BCUT2D eigenvalue weighted by atomic mass is 9.91. The summed E-state index contributed by atoms with van der Waals surface area (Å²) in [5.41, 5.74) is 4.98. The number of hydrogen-bond donors (Lipinski definition) is 0. The summed E-state index contributed by atoms with van der Waals surface area (Å²) in [5.74, 6) is 2.72. The van der Waals surface area contributed by atoms with Gasteiger partial charge in [0.05, 0.1) is 23.2 Å². The van der Waals surface area contributed by atoms with Crippen LogP contribution in [0.5, 0.6) is 0 Å². The molecule has 3 aromatic rings. The summed E-state index contributed by atoms with van der Waals surface area (Å²) in [7, 11) is 0.994. The minimum atomic E-state index is -0.759. The Balaban J connectivity index is 1.69. The molecule has 1 aliphatic rings. The standard InChI is InChI=1S/C23H27ClN5O2P/c1-5-32(24)11-9-18-21-23(26-15(3)14(2)25-21)28-22(27-18)16-8-10-31-19(12-16)17-6-7-20(30)29(4)13-17/h5-7,13,16,19H,1,8-12H2,2-4H3. The number of nitrogens with zero attached hydrogens (tertiary/aromatic N) is 5. The summed E-state index contributed by atoms with van der Waals surface area (Å²) >= 11 is 6.35. The van der Waals surface area contributed by atoms with Crippen molar-refractivity contribution in [3.8, 4) is 0 Å². The Morgan fingerprint density at radius 1 is 1.25 bits per heavy atom. The molecular formula is C23H27ClN5O2P. The van der Waals surface area contributed by atoms with Crippen LogP contribution in [0.25, 0.3) is 11.2 Å². The Kier molecular flexibility index (Phi) is 6.99. The first-order valence-electron chi connectivity index (χ1n) is 10.7. The third kappa shape index (κ3) is 4.90. The van der Waals surface area contributed by atoms with Gasteiger partial charge in [-0.3, -0.25) is 4.79 Å². The predicted octanol–water partition coefficient (Wildman–Crippen LogP) is 4.69. The topological polar surface area (TPSA) is 82.8 Å². The molecule has 3 atom stereocenters. The van der Waals surface area contributed by atoms with Gasteiger partial charge in [-0.1, -0.05) is 23.6 Å². The normalized spacial score (nSPS) is 19.8. The van der Waals surface area contributed by atoms with Crippen LogP contribution in [0.15, 0.2) is 35.5 Å². The molecule has 1 saturated heterocycles. The van der Waals surface area contributed by atoms with Crippen LogP contribution in [0.1, 0.15) is 53.3 Å². The molecular weight excluding hydrogens is 445 g/mol. The van der Waals surface area contributed by atoms with Gasteiger partial charge in [0.2, 0.25) is 5.56 Å². The molecule has 0 amide bonds. The van der Waals surface area contributed by atoms with Crippen LogP contribution in [-0.2, 0) is 18.2 Å². The Morgan fingerprint density at radius 2 is 2.03 bits per heavy atom. The van der Waals surface area contributed by atoms with Crippen molar-refractivity contribution in [1.82, 2.24) is 24.5 Å². The number of aromatic nitrogens is 5. The summed E-state index contributed by atoms with van der Waals surface area (Å²) in [6.07, 6.45) is 4.81. The van der Waals surface area contributed by atoms with E-state index in [4.69, 9.17) is 35.9 Å². The highest BCUT2D eigenvalue weighted by Crippen LogP contribution is 2.43. The highest BCUT2D eigenvalue weighted by atomic mass is 35.7. The SMILES string of the molecule is C=CP(Cl)CCc1nc(C2CCOC(c3ccc(=O)n(C)c3)C2)nc2nc(C)c(C)nc12. The lowest BCUT2D eigenvalue weighted by Gasteiger charge is -2.29. The lowest BCUT2D eigenvalue weighted by molar-refractivity contribution is 0.00360. The van der Waals surface area contributed by atoms with Gasteiger partial charge in [0.25, 0.3) is 0 Å². The highest BCUT2D eigenvalue weighted by molar-refractivity contribution is 7.86. The number of pyridine rings is 1. The Morgan fingerprint density at radius 3 is 2.78 bits per heavy atom. The number of ether oxygens (including phenoxy) is 1. The minimum Gasteiger partial charge on any atom is -0.373 e. The smallest absolute Gasteiger partial charge is 0.250 e. The largest absolute Gasteiger partial charge is 0.373 e. The summed E-state index contributed by atoms with van der Waals surface area (Å²) in [6.45, 7) is 8.31. The van der Waals surface area contributed by atoms with E-state index in [1.165, 1.54) is 0 Å².